The number of pyridine rings is 1. The Hall–Kier alpha value is -3.74. The minimum absolute atomic E-state index is 0.0339. The fourth-order valence-corrected chi connectivity index (χ4v) is 8.05. The predicted octanol–water partition coefficient (Wildman–Crippen LogP) is 7.25. The average molecular weight is 458 g/mol. The molecule has 2 nitrogen and oxygen atoms in total. The van der Waals surface area contributed by atoms with Gasteiger partial charge in [0, 0.05) is 32.6 Å². The van der Waals surface area contributed by atoms with Gasteiger partial charge in [-0.1, -0.05) is 115 Å². The van der Waals surface area contributed by atoms with Crippen LogP contribution < -0.4 is 10.6 Å². The molecule has 0 N–H and O–H groups in total. The Balaban J connectivity index is 1.53. The highest BCUT2D eigenvalue weighted by Gasteiger charge is 2.35. The average Bonchev–Trinajstić information content (AvgIpc) is 2.92. The van der Waals surface area contributed by atoms with Crippen molar-refractivity contribution in [3.05, 3.63) is 127 Å². The molecular formula is C31H24NOP. The summed E-state index contributed by atoms with van der Waals surface area (Å²) < 4.78 is 14.7. The van der Waals surface area contributed by atoms with Crippen molar-refractivity contribution in [1.29, 1.82) is 0 Å². The van der Waals surface area contributed by atoms with Crippen LogP contribution in [0.3, 0.4) is 0 Å². The van der Waals surface area contributed by atoms with E-state index in [9.17, 15) is 4.57 Å². The normalized spacial score (nSPS) is 17.1. The zero-order valence-corrected chi connectivity index (χ0v) is 19.6. The van der Waals surface area contributed by atoms with Crippen LogP contribution in [0, 0.1) is 0 Å². The molecule has 1 heterocycles. The van der Waals surface area contributed by atoms with E-state index in [4.69, 9.17) is 4.98 Å². The standard InChI is InChI=1S/C31H24NOP/c33-34(24-11-3-1-4-12-24,25-13-5-2-6-14-25)26-21-19-23(20-22-26)31-27-15-7-9-17-29(27)32-30-18-10-8-16-28(30)31/h1-13,15-22,25H,14H2. The van der Waals surface area contributed by atoms with Gasteiger partial charge in [0.05, 0.1) is 11.0 Å². The molecule has 2 unspecified atom stereocenters. The van der Waals surface area contributed by atoms with Gasteiger partial charge in [-0.05, 0) is 24.1 Å². The van der Waals surface area contributed by atoms with Crippen LogP contribution >= 0.6 is 7.14 Å². The third-order valence-corrected chi connectivity index (χ3v) is 10.1. The van der Waals surface area contributed by atoms with Gasteiger partial charge in [-0.25, -0.2) is 4.98 Å². The van der Waals surface area contributed by atoms with Crippen molar-refractivity contribution in [3.8, 4) is 11.1 Å². The van der Waals surface area contributed by atoms with Crippen molar-refractivity contribution in [2.24, 2.45) is 0 Å². The molecule has 0 saturated carbocycles. The molecule has 0 radical (unpaired) electrons. The number of nitrogens with zero attached hydrogens (tertiary/aromatic N) is 1. The van der Waals surface area contributed by atoms with E-state index in [1.54, 1.807) is 0 Å². The van der Waals surface area contributed by atoms with Crippen LogP contribution in [0.4, 0.5) is 0 Å². The Kier molecular flexibility index (Phi) is 5.24. The van der Waals surface area contributed by atoms with E-state index in [1.165, 1.54) is 5.56 Å². The number of benzene rings is 4. The molecule has 164 valence electrons. The molecule has 0 saturated heterocycles. The fraction of sp³-hybridized carbons (Fsp3) is 0.0645. The molecule has 2 atom stereocenters. The first-order chi connectivity index (χ1) is 16.7. The molecule has 0 spiro atoms. The Morgan fingerprint density at radius 3 is 1.85 bits per heavy atom. The maximum absolute atomic E-state index is 14.7. The Bertz CT molecular complexity index is 1550. The van der Waals surface area contributed by atoms with Gasteiger partial charge < -0.3 is 4.57 Å². The molecule has 0 aliphatic heterocycles. The van der Waals surface area contributed by atoms with E-state index in [2.05, 4.69) is 72.8 Å². The second-order valence-electron chi connectivity index (χ2n) is 8.68. The van der Waals surface area contributed by atoms with Gasteiger partial charge in [-0.15, -0.1) is 0 Å². The van der Waals surface area contributed by atoms with E-state index < -0.39 is 7.14 Å². The maximum Gasteiger partial charge on any atom is 0.150 e. The lowest BCUT2D eigenvalue weighted by Gasteiger charge is -2.27. The number of allylic oxidation sites excluding steroid dienone is 4. The molecule has 0 fully saturated rings. The molecule has 0 amide bonds. The number of fused-ring (bicyclic) bond motifs is 2. The predicted molar refractivity (Wildman–Crippen MR) is 145 cm³/mol. The third kappa shape index (κ3) is 3.43. The van der Waals surface area contributed by atoms with Crippen LogP contribution in [0.1, 0.15) is 6.42 Å². The zero-order valence-electron chi connectivity index (χ0n) is 18.7. The molecule has 3 heteroatoms. The molecule has 1 aliphatic rings. The van der Waals surface area contributed by atoms with Crippen molar-refractivity contribution in [1.82, 2.24) is 4.98 Å². The van der Waals surface area contributed by atoms with Gasteiger partial charge in [-0.2, -0.15) is 0 Å². The van der Waals surface area contributed by atoms with Crippen LogP contribution in [-0.2, 0) is 4.57 Å². The summed E-state index contributed by atoms with van der Waals surface area (Å²) in [5, 5.41) is 4.06. The lowest BCUT2D eigenvalue weighted by molar-refractivity contribution is 0.582. The number of rotatable bonds is 4. The molecule has 6 rings (SSSR count). The molecule has 1 aliphatic carbocycles. The molecule has 4 aromatic carbocycles. The van der Waals surface area contributed by atoms with Crippen molar-refractivity contribution in [2.75, 3.05) is 0 Å². The molecule has 0 bridgehead atoms. The number of aromatic nitrogens is 1. The van der Waals surface area contributed by atoms with Crippen LogP contribution in [0.5, 0.6) is 0 Å². The lowest BCUT2D eigenvalue weighted by Crippen LogP contribution is -2.25. The van der Waals surface area contributed by atoms with Gasteiger partial charge in [-0.3, -0.25) is 0 Å². The third-order valence-electron chi connectivity index (χ3n) is 6.69. The Morgan fingerprint density at radius 2 is 1.24 bits per heavy atom. The molecule has 34 heavy (non-hydrogen) atoms. The molecular weight excluding hydrogens is 433 g/mol. The Morgan fingerprint density at radius 1 is 0.647 bits per heavy atom. The van der Waals surface area contributed by atoms with Gasteiger partial charge in [0.15, 0.2) is 0 Å². The number of hydrogen-bond donors (Lipinski definition) is 0. The first-order valence-electron chi connectivity index (χ1n) is 11.6. The Labute approximate surface area is 199 Å². The summed E-state index contributed by atoms with van der Waals surface area (Å²) in [7, 11) is -2.86. The number of hydrogen-bond acceptors (Lipinski definition) is 2. The van der Waals surface area contributed by atoms with E-state index >= 15 is 0 Å². The first kappa shape index (κ1) is 20.8. The van der Waals surface area contributed by atoms with E-state index in [-0.39, 0.29) is 5.66 Å². The summed E-state index contributed by atoms with van der Waals surface area (Å²) in [6.07, 6.45) is 9.06. The van der Waals surface area contributed by atoms with Gasteiger partial charge >= 0.3 is 0 Å². The topological polar surface area (TPSA) is 30.0 Å². The minimum atomic E-state index is -2.86. The van der Waals surface area contributed by atoms with Crippen molar-refractivity contribution < 1.29 is 4.57 Å². The van der Waals surface area contributed by atoms with E-state index in [1.807, 2.05) is 54.6 Å². The van der Waals surface area contributed by atoms with Crippen molar-refractivity contribution in [3.63, 3.8) is 0 Å². The van der Waals surface area contributed by atoms with Crippen molar-refractivity contribution >= 4 is 39.6 Å². The minimum Gasteiger partial charge on any atom is -0.313 e. The maximum atomic E-state index is 14.7. The summed E-state index contributed by atoms with van der Waals surface area (Å²) in [4.78, 5) is 4.86. The molecule has 5 aromatic rings. The highest BCUT2D eigenvalue weighted by molar-refractivity contribution is 7.79. The van der Waals surface area contributed by atoms with Gasteiger partial charge in [0.25, 0.3) is 0 Å². The molecule has 1 aromatic heterocycles. The second-order valence-corrected chi connectivity index (χ2v) is 11.7. The van der Waals surface area contributed by atoms with Crippen LogP contribution in [-0.4, -0.2) is 10.6 Å². The van der Waals surface area contributed by atoms with Crippen LogP contribution in [0.2, 0.25) is 0 Å². The van der Waals surface area contributed by atoms with Crippen molar-refractivity contribution in [2.45, 2.75) is 12.1 Å². The fourth-order valence-electron chi connectivity index (χ4n) is 5.02. The quantitative estimate of drug-likeness (QED) is 0.210. The highest BCUT2D eigenvalue weighted by Crippen LogP contribution is 2.51. The summed E-state index contributed by atoms with van der Waals surface area (Å²) in [5.41, 5.74) is 4.21. The van der Waals surface area contributed by atoms with Gasteiger partial charge in [0.1, 0.15) is 7.14 Å². The highest BCUT2D eigenvalue weighted by atomic mass is 31.2. The monoisotopic (exact) mass is 457 g/mol. The largest absolute Gasteiger partial charge is 0.313 e. The smallest absolute Gasteiger partial charge is 0.150 e. The van der Waals surface area contributed by atoms with E-state index in [0.717, 1.165) is 44.4 Å². The SMILES string of the molecule is O=P(c1ccccc1)(c1ccc(-c2c3ccccc3nc3ccccc23)cc1)C1C=CC=CC1. The summed E-state index contributed by atoms with van der Waals surface area (Å²) in [6, 6.07) is 34.9. The van der Waals surface area contributed by atoms with Crippen LogP contribution in [0.25, 0.3) is 32.9 Å². The summed E-state index contributed by atoms with van der Waals surface area (Å²) >= 11 is 0. The van der Waals surface area contributed by atoms with E-state index in [0.29, 0.717) is 0 Å². The first-order valence-corrected chi connectivity index (χ1v) is 13.4. The van der Waals surface area contributed by atoms with Gasteiger partial charge in [0.2, 0.25) is 0 Å². The number of para-hydroxylation sites is 2. The van der Waals surface area contributed by atoms with Crippen LogP contribution in [0.15, 0.2) is 127 Å². The zero-order chi connectivity index (χ0) is 23.0. The summed E-state index contributed by atoms with van der Waals surface area (Å²) in [5.74, 6) is 0. The summed E-state index contributed by atoms with van der Waals surface area (Å²) in [6.45, 7) is 0. The lowest BCUT2D eigenvalue weighted by atomic mass is 9.96. The second kappa shape index (κ2) is 8.56.